The van der Waals surface area contributed by atoms with E-state index >= 15 is 0 Å². The zero-order valence-corrected chi connectivity index (χ0v) is 10.1. The van der Waals surface area contributed by atoms with Gasteiger partial charge >= 0.3 is 0 Å². The predicted octanol–water partition coefficient (Wildman–Crippen LogP) is 2.34. The number of fused-ring (bicyclic) bond motifs is 1. The van der Waals surface area contributed by atoms with Gasteiger partial charge in [0.25, 0.3) is 0 Å². The molecule has 2 aromatic rings. The number of aryl methyl sites for hydroxylation is 1. The van der Waals surface area contributed by atoms with Gasteiger partial charge in [0.15, 0.2) is 0 Å². The summed E-state index contributed by atoms with van der Waals surface area (Å²) in [5.41, 5.74) is 1.28. The van der Waals surface area contributed by atoms with Crippen LogP contribution in [0.4, 0.5) is 0 Å². The second-order valence-electron chi connectivity index (χ2n) is 3.86. The van der Waals surface area contributed by atoms with Crippen LogP contribution in [0.5, 0.6) is 0 Å². The number of benzene rings is 1. The Kier molecular flexibility index (Phi) is 2.95. The average Bonchev–Trinajstić information content (AvgIpc) is 2.60. The molecule has 82 valence electrons. The molecular weight excluding hydrogens is 194 g/mol. The number of hydrogen-bond acceptors (Lipinski definition) is 0. The number of allylic oxidation sites excluding steroid dienone is 2. The van der Waals surface area contributed by atoms with Gasteiger partial charge in [0.1, 0.15) is 0 Å². The van der Waals surface area contributed by atoms with Crippen LogP contribution >= 0.6 is 0 Å². The van der Waals surface area contributed by atoms with Crippen molar-refractivity contribution < 1.29 is 0 Å². The van der Waals surface area contributed by atoms with Crippen LogP contribution in [0.2, 0.25) is 0 Å². The van der Waals surface area contributed by atoms with Crippen LogP contribution in [-0.2, 0) is 7.05 Å². The summed E-state index contributed by atoms with van der Waals surface area (Å²) >= 11 is 0. The van der Waals surface area contributed by atoms with Crippen molar-refractivity contribution in [2.75, 3.05) is 0 Å². The van der Waals surface area contributed by atoms with Crippen LogP contribution in [0.25, 0.3) is 23.1 Å². The number of rotatable bonds is 1. The molecule has 0 bridgehead atoms. The van der Waals surface area contributed by atoms with E-state index in [9.17, 15) is 0 Å². The summed E-state index contributed by atoms with van der Waals surface area (Å²) in [4.78, 5) is 0. The van der Waals surface area contributed by atoms with Crippen LogP contribution in [0.1, 0.15) is 13.8 Å². The van der Waals surface area contributed by atoms with Crippen molar-refractivity contribution in [2.45, 2.75) is 13.8 Å². The first-order valence-corrected chi connectivity index (χ1v) is 5.62. The molecule has 0 saturated carbocycles. The summed E-state index contributed by atoms with van der Waals surface area (Å²) in [5.74, 6) is 0. The Bertz CT molecular complexity index is 642. The molecule has 2 rings (SSSR count). The predicted molar refractivity (Wildman–Crippen MR) is 71.6 cm³/mol. The minimum Gasteiger partial charge on any atom is -0.344 e. The van der Waals surface area contributed by atoms with Gasteiger partial charge < -0.3 is 4.57 Å². The highest BCUT2D eigenvalue weighted by Gasteiger charge is 2.01. The molecule has 0 fully saturated rings. The fraction of sp³-hybridized carbons (Fsp3) is 0.200. The van der Waals surface area contributed by atoms with E-state index in [1.54, 1.807) is 0 Å². The highest BCUT2D eigenvalue weighted by atomic mass is 14.9. The summed E-state index contributed by atoms with van der Waals surface area (Å²) in [5, 5.41) is 3.90. The lowest BCUT2D eigenvalue weighted by Crippen LogP contribution is -2.27. The maximum atomic E-state index is 2.24. The quantitative estimate of drug-likeness (QED) is 0.682. The molecule has 1 heteroatoms. The number of nitrogens with zero attached hydrogens (tertiary/aromatic N) is 1. The third-order valence-electron chi connectivity index (χ3n) is 2.93. The van der Waals surface area contributed by atoms with Crippen LogP contribution in [0.15, 0.2) is 36.4 Å². The van der Waals surface area contributed by atoms with Gasteiger partial charge in [-0.15, -0.1) is 0 Å². The van der Waals surface area contributed by atoms with Gasteiger partial charge in [0.05, 0.1) is 0 Å². The normalized spacial score (nSPS) is 14.4. The maximum absolute atomic E-state index is 2.24. The van der Waals surface area contributed by atoms with Gasteiger partial charge in [-0.05, 0) is 26.0 Å². The van der Waals surface area contributed by atoms with Crippen molar-refractivity contribution in [3.63, 3.8) is 0 Å². The molecule has 0 atom stereocenters. The molecule has 0 spiro atoms. The molecule has 0 aliphatic carbocycles. The summed E-state index contributed by atoms with van der Waals surface area (Å²) in [6, 6.07) is 8.52. The average molecular weight is 211 g/mol. The molecule has 0 saturated heterocycles. The first-order valence-electron chi connectivity index (χ1n) is 5.62. The fourth-order valence-electron chi connectivity index (χ4n) is 2.13. The highest BCUT2D eigenvalue weighted by molar-refractivity contribution is 5.82. The maximum Gasteiger partial charge on any atom is 0.0488 e. The van der Waals surface area contributed by atoms with Crippen molar-refractivity contribution in [1.82, 2.24) is 4.57 Å². The number of hydrogen-bond donors (Lipinski definition) is 0. The smallest absolute Gasteiger partial charge is 0.0488 e. The molecule has 1 heterocycles. The van der Waals surface area contributed by atoms with Crippen LogP contribution in [0, 0.1) is 0 Å². The summed E-state index contributed by atoms with van der Waals surface area (Å²) in [7, 11) is 2.12. The van der Waals surface area contributed by atoms with Crippen molar-refractivity contribution in [1.29, 1.82) is 0 Å². The topological polar surface area (TPSA) is 4.93 Å². The van der Waals surface area contributed by atoms with Gasteiger partial charge in [0.2, 0.25) is 0 Å². The lowest BCUT2D eigenvalue weighted by Gasteiger charge is -1.94. The van der Waals surface area contributed by atoms with E-state index in [4.69, 9.17) is 0 Å². The molecule has 0 unspecified atom stereocenters. The van der Waals surface area contributed by atoms with E-state index in [0.717, 1.165) is 0 Å². The van der Waals surface area contributed by atoms with Crippen molar-refractivity contribution >= 4 is 23.1 Å². The van der Waals surface area contributed by atoms with Gasteiger partial charge in [-0.25, -0.2) is 0 Å². The monoisotopic (exact) mass is 211 g/mol. The first-order chi connectivity index (χ1) is 7.79. The molecule has 0 N–H and O–H groups in total. The second-order valence-corrected chi connectivity index (χ2v) is 3.86. The van der Waals surface area contributed by atoms with Crippen LogP contribution in [-0.4, -0.2) is 4.57 Å². The van der Waals surface area contributed by atoms with Crippen LogP contribution in [0.3, 0.4) is 0 Å². The number of para-hydroxylation sites is 1. The molecular formula is C15H17N. The van der Waals surface area contributed by atoms with Gasteiger partial charge in [-0.2, -0.15) is 0 Å². The van der Waals surface area contributed by atoms with E-state index in [1.165, 1.54) is 21.5 Å². The van der Waals surface area contributed by atoms with E-state index in [2.05, 4.69) is 67.1 Å². The Balaban J connectivity index is 3.00. The molecule has 1 aromatic carbocycles. The molecule has 0 amide bonds. The Morgan fingerprint density at radius 2 is 1.88 bits per heavy atom. The van der Waals surface area contributed by atoms with Crippen molar-refractivity contribution in [3.8, 4) is 0 Å². The van der Waals surface area contributed by atoms with Crippen molar-refractivity contribution in [3.05, 3.63) is 47.0 Å². The van der Waals surface area contributed by atoms with E-state index in [1.807, 2.05) is 6.92 Å². The van der Waals surface area contributed by atoms with Gasteiger partial charge in [0, 0.05) is 28.5 Å². The van der Waals surface area contributed by atoms with Crippen LogP contribution < -0.4 is 10.6 Å². The van der Waals surface area contributed by atoms with Gasteiger partial charge in [-0.1, -0.05) is 36.4 Å². The third-order valence-corrected chi connectivity index (χ3v) is 2.93. The summed E-state index contributed by atoms with van der Waals surface area (Å²) in [6.07, 6.45) is 8.48. The number of aromatic nitrogens is 1. The fourth-order valence-corrected chi connectivity index (χ4v) is 2.13. The molecule has 1 aromatic heterocycles. The molecule has 0 radical (unpaired) electrons. The SMILES string of the molecule is C\C=C/C=c1\c(=C/C)c2ccccc2n1C. The zero-order chi connectivity index (χ0) is 11.5. The largest absolute Gasteiger partial charge is 0.344 e. The summed E-state index contributed by atoms with van der Waals surface area (Å²) in [6.45, 7) is 4.13. The summed E-state index contributed by atoms with van der Waals surface area (Å²) < 4.78 is 2.24. The molecule has 0 aliphatic rings. The van der Waals surface area contributed by atoms with E-state index in [0.29, 0.717) is 0 Å². The molecule has 16 heavy (non-hydrogen) atoms. The minimum atomic E-state index is 1.27. The van der Waals surface area contributed by atoms with E-state index < -0.39 is 0 Å². The van der Waals surface area contributed by atoms with E-state index in [-0.39, 0.29) is 0 Å². The first kappa shape index (κ1) is 10.7. The third kappa shape index (κ3) is 1.58. The Morgan fingerprint density at radius 1 is 1.12 bits per heavy atom. The molecule has 0 aliphatic heterocycles. The Hall–Kier alpha value is -1.76. The zero-order valence-electron chi connectivity index (χ0n) is 10.1. The lowest BCUT2D eigenvalue weighted by molar-refractivity contribution is 0.925. The minimum absolute atomic E-state index is 1.27. The lowest BCUT2D eigenvalue weighted by atomic mass is 10.2. The van der Waals surface area contributed by atoms with Crippen molar-refractivity contribution in [2.24, 2.45) is 7.05 Å². The Morgan fingerprint density at radius 3 is 2.56 bits per heavy atom. The Labute approximate surface area is 96.0 Å². The second kappa shape index (κ2) is 4.40. The molecule has 1 nitrogen and oxygen atoms in total. The van der Waals surface area contributed by atoms with Gasteiger partial charge in [-0.3, -0.25) is 0 Å². The standard InChI is InChI=1S/C15H17N/c1-4-6-10-14-12(5-2)13-9-7-8-11-15(13)16(14)3/h4-11H,1-3H3/b6-4-,12-5-,14-10+. The highest BCUT2D eigenvalue weighted by Crippen LogP contribution is 2.06.